The first-order valence-electron chi connectivity index (χ1n) is 4.21. The second-order valence-corrected chi connectivity index (χ2v) is 2.89. The Balaban J connectivity index is 3.16. The minimum absolute atomic E-state index is 0.0360. The van der Waals surface area contributed by atoms with Crippen LogP contribution in [0.3, 0.4) is 0 Å². The maximum absolute atomic E-state index is 13.2. The van der Waals surface area contributed by atoms with E-state index in [-0.39, 0.29) is 5.56 Å². The Morgan fingerprint density at radius 3 is 2.43 bits per heavy atom. The molecular formula is C9H11F3N2. The van der Waals surface area contributed by atoms with Crippen LogP contribution < -0.4 is 11.3 Å². The summed E-state index contributed by atoms with van der Waals surface area (Å²) < 4.78 is 38.5. The molecule has 0 spiro atoms. The lowest BCUT2D eigenvalue weighted by atomic mass is 10.0. The lowest BCUT2D eigenvalue weighted by molar-refractivity contribution is 0.423. The van der Waals surface area contributed by atoms with Gasteiger partial charge in [0.15, 0.2) is 17.5 Å². The van der Waals surface area contributed by atoms with Gasteiger partial charge in [-0.3, -0.25) is 11.3 Å². The smallest absolute Gasteiger partial charge is 0.194 e. The maximum Gasteiger partial charge on any atom is 0.194 e. The van der Waals surface area contributed by atoms with Gasteiger partial charge < -0.3 is 0 Å². The molecule has 0 aliphatic heterocycles. The molecule has 1 aromatic carbocycles. The molecule has 1 unspecified atom stereocenters. The van der Waals surface area contributed by atoms with Crippen molar-refractivity contribution >= 4 is 0 Å². The average molecular weight is 204 g/mol. The first-order chi connectivity index (χ1) is 6.61. The van der Waals surface area contributed by atoms with Crippen molar-refractivity contribution in [2.24, 2.45) is 5.84 Å². The molecule has 0 saturated heterocycles. The van der Waals surface area contributed by atoms with E-state index in [1.807, 2.05) is 0 Å². The first kappa shape index (κ1) is 11.0. The predicted molar refractivity (Wildman–Crippen MR) is 46.7 cm³/mol. The molecule has 14 heavy (non-hydrogen) atoms. The second kappa shape index (κ2) is 4.43. The lowest BCUT2D eigenvalue weighted by Crippen LogP contribution is -2.28. The van der Waals surface area contributed by atoms with Crippen molar-refractivity contribution in [2.45, 2.75) is 19.4 Å². The standard InChI is InChI=1S/C9H11F3N2/c1-2-7(14-13)5-3-4-6(10)9(12)8(5)11/h3-4,7,14H,2,13H2,1H3. The Morgan fingerprint density at radius 1 is 1.29 bits per heavy atom. The number of nitrogens with two attached hydrogens (primary N) is 1. The number of benzene rings is 1. The van der Waals surface area contributed by atoms with Crippen molar-refractivity contribution in [3.63, 3.8) is 0 Å². The van der Waals surface area contributed by atoms with Gasteiger partial charge in [0.1, 0.15) is 0 Å². The summed E-state index contributed by atoms with van der Waals surface area (Å²) in [5.41, 5.74) is 2.36. The fourth-order valence-corrected chi connectivity index (χ4v) is 1.24. The Morgan fingerprint density at radius 2 is 1.93 bits per heavy atom. The molecule has 0 amide bonds. The van der Waals surface area contributed by atoms with Crippen LogP contribution >= 0.6 is 0 Å². The summed E-state index contributed by atoms with van der Waals surface area (Å²) in [6.45, 7) is 1.76. The van der Waals surface area contributed by atoms with Crippen molar-refractivity contribution in [3.8, 4) is 0 Å². The molecule has 5 heteroatoms. The molecule has 0 aliphatic carbocycles. The minimum Gasteiger partial charge on any atom is -0.271 e. The molecule has 0 aliphatic rings. The third-order valence-electron chi connectivity index (χ3n) is 2.05. The molecule has 1 aromatic rings. The Kier molecular flexibility index (Phi) is 3.49. The predicted octanol–water partition coefficient (Wildman–Crippen LogP) is 2.02. The second-order valence-electron chi connectivity index (χ2n) is 2.89. The van der Waals surface area contributed by atoms with Gasteiger partial charge in [-0.2, -0.15) is 0 Å². The number of nitrogens with one attached hydrogen (secondary N) is 1. The van der Waals surface area contributed by atoms with Gasteiger partial charge in [-0.15, -0.1) is 0 Å². The number of hydrogen-bond acceptors (Lipinski definition) is 2. The van der Waals surface area contributed by atoms with E-state index >= 15 is 0 Å². The molecule has 0 radical (unpaired) electrons. The molecule has 1 atom stereocenters. The van der Waals surface area contributed by atoms with E-state index in [1.165, 1.54) is 6.07 Å². The lowest BCUT2D eigenvalue weighted by Gasteiger charge is -2.14. The molecule has 0 bridgehead atoms. The number of rotatable bonds is 3. The highest BCUT2D eigenvalue weighted by Gasteiger charge is 2.18. The van der Waals surface area contributed by atoms with E-state index in [1.54, 1.807) is 6.92 Å². The van der Waals surface area contributed by atoms with Gasteiger partial charge >= 0.3 is 0 Å². The van der Waals surface area contributed by atoms with E-state index in [0.29, 0.717) is 6.42 Å². The zero-order valence-electron chi connectivity index (χ0n) is 7.65. The molecule has 0 aromatic heterocycles. The maximum atomic E-state index is 13.2. The van der Waals surface area contributed by atoms with E-state index < -0.39 is 23.5 Å². The van der Waals surface area contributed by atoms with Crippen molar-refractivity contribution < 1.29 is 13.2 Å². The molecule has 1 rings (SSSR count). The molecule has 0 fully saturated rings. The Bertz CT molecular complexity index is 324. The highest BCUT2D eigenvalue weighted by molar-refractivity contribution is 5.23. The minimum atomic E-state index is -1.46. The molecule has 2 nitrogen and oxygen atoms in total. The van der Waals surface area contributed by atoms with Crippen LogP contribution in [0.2, 0.25) is 0 Å². The van der Waals surface area contributed by atoms with Gasteiger partial charge in [0.05, 0.1) is 0 Å². The molecule has 0 heterocycles. The van der Waals surface area contributed by atoms with Crippen LogP contribution in [0.15, 0.2) is 12.1 Å². The van der Waals surface area contributed by atoms with Crippen LogP contribution in [0.25, 0.3) is 0 Å². The number of hydrogen-bond donors (Lipinski definition) is 2. The average Bonchev–Trinajstić information content (AvgIpc) is 2.19. The molecule has 0 saturated carbocycles. The van der Waals surface area contributed by atoms with Gasteiger partial charge in [-0.25, -0.2) is 13.2 Å². The van der Waals surface area contributed by atoms with Crippen molar-refractivity contribution in [1.82, 2.24) is 5.43 Å². The summed E-state index contributed by atoms with van der Waals surface area (Å²) in [7, 11) is 0. The third-order valence-corrected chi connectivity index (χ3v) is 2.05. The van der Waals surface area contributed by atoms with Crippen molar-refractivity contribution in [3.05, 3.63) is 35.1 Å². The summed E-state index contributed by atoms with van der Waals surface area (Å²) in [5, 5.41) is 0. The van der Waals surface area contributed by atoms with Gasteiger partial charge in [0.2, 0.25) is 0 Å². The highest BCUT2D eigenvalue weighted by atomic mass is 19.2. The SMILES string of the molecule is CCC(NN)c1ccc(F)c(F)c1F. The normalized spacial score (nSPS) is 12.9. The summed E-state index contributed by atoms with van der Waals surface area (Å²) in [4.78, 5) is 0. The zero-order chi connectivity index (χ0) is 10.7. The monoisotopic (exact) mass is 204 g/mol. The number of halogens is 3. The van der Waals surface area contributed by atoms with Crippen LogP contribution in [0.4, 0.5) is 13.2 Å². The summed E-state index contributed by atoms with van der Waals surface area (Å²) >= 11 is 0. The van der Waals surface area contributed by atoms with Crippen molar-refractivity contribution in [2.75, 3.05) is 0 Å². The summed E-state index contributed by atoms with van der Waals surface area (Å²) in [5.74, 6) is 1.30. The Hall–Kier alpha value is -1.07. The largest absolute Gasteiger partial charge is 0.271 e. The fraction of sp³-hybridized carbons (Fsp3) is 0.333. The quantitative estimate of drug-likeness (QED) is 0.449. The third kappa shape index (κ3) is 1.88. The zero-order valence-corrected chi connectivity index (χ0v) is 7.65. The summed E-state index contributed by atoms with van der Waals surface area (Å²) in [6, 6.07) is 1.56. The van der Waals surface area contributed by atoms with Crippen LogP contribution in [0, 0.1) is 17.5 Å². The van der Waals surface area contributed by atoms with Crippen molar-refractivity contribution in [1.29, 1.82) is 0 Å². The van der Waals surface area contributed by atoms with Gasteiger partial charge in [0.25, 0.3) is 0 Å². The topological polar surface area (TPSA) is 38.0 Å². The van der Waals surface area contributed by atoms with E-state index in [9.17, 15) is 13.2 Å². The molecule has 3 N–H and O–H groups in total. The highest BCUT2D eigenvalue weighted by Crippen LogP contribution is 2.22. The Labute approximate surface area is 79.9 Å². The molecular weight excluding hydrogens is 193 g/mol. The van der Waals surface area contributed by atoms with Crippen LogP contribution in [-0.2, 0) is 0 Å². The van der Waals surface area contributed by atoms with Crippen LogP contribution in [-0.4, -0.2) is 0 Å². The fourth-order valence-electron chi connectivity index (χ4n) is 1.24. The van der Waals surface area contributed by atoms with Crippen LogP contribution in [0.5, 0.6) is 0 Å². The van der Waals surface area contributed by atoms with Gasteiger partial charge in [-0.1, -0.05) is 13.0 Å². The van der Waals surface area contributed by atoms with E-state index in [0.717, 1.165) is 6.07 Å². The van der Waals surface area contributed by atoms with Gasteiger partial charge in [-0.05, 0) is 12.5 Å². The number of hydrazine groups is 1. The molecule has 78 valence electrons. The first-order valence-corrected chi connectivity index (χ1v) is 4.21. The van der Waals surface area contributed by atoms with E-state index in [4.69, 9.17) is 5.84 Å². The van der Waals surface area contributed by atoms with Gasteiger partial charge in [0, 0.05) is 11.6 Å². The van der Waals surface area contributed by atoms with E-state index in [2.05, 4.69) is 5.43 Å². The summed E-state index contributed by atoms with van der Waals surface area (Å²) in [6.07, 6.45) is 0.485. The van der Waals surface area contributed by atoms with Crippen LogP contribution in [0.1, 0.15) is 24.9 Å².